The molecule has 0 unspecified atom stereocenters. The fourth-order valence-corrected chi connectivity index (χ4v) is 0.919. The lowest BCUT2D eigenvalue weighted by Crippen LogP contribution is -2.11. The quantitative estimate of drug-likeness (QED) is 0.637. The number of aromatic hydroxyl groups is 1. The molecule has 1 amide bonds. The van der Waals surface area contributed by atoms with E-state index in [1.807, 2.05) is 0 Å². The van der Waals surface area contributed by atoms with E-state index in [9.17, 15) is 14.7 Å². The van der Waals surface area contributed by atoms with E-state index in [1.165, 1.54) is 6.92 Å². The van der Waals surface area contributed by atoms with Gasteiger partial charge < -0.3 is 15.5 Å². The zero-order valence-corrected chi connectivity index (χ0v) is 7.31. The topological polar surface area (TPSA) is 99.5 Å². The van der Waals surface area contributed by atoms with Gasteiger partial charge in [0, 0.05) is 13.1 Å². The van der Waals surface area contributed by atoms with Crippen molar-refractivity contribution < 1.29 is 19.8 Å². The van der Waals surface area contributed by atoms with Crippen molar-refractivity contribution in [1.29, 1.82) is 0 Å². The third kappa shape index (κ3) is 1.98. The molecule has 0 spiro atoms. The van der Waals surface area contributed by atoms with E-state index >= 15 is 0 Å². The molecule has 0 saturated carbocycles. The van der Waals surface area contributed by atoms with Gasteiger partial charge in [0.15, 0.2) is 5.75 Å². The van der Waals surface area contributed by atoms with Crippen LogP contribution in [0, 0.1) is 0 Å². The van der Waals surface area contributed by atoms with Gasteiger partial charge in [0.25, 0.3) is 0 Å². The molecule has 0 fully saturated rings. The van der Waals surface area contributed by atoms with E-state index < -0.39 is 11.9 Å². The van der Waals surface area contributed by atoms with Crippen LogP contribution in [0.4, 0.5) is 5.69 Å². The number of carbonyl (C=O) groups excluding carboxylic acids is 1. The molecule has 0 aliphatic heterocycles. The van der Waals surface area contributed by atoms with Crippen molar-refractivity contribution in [1.82, 2.24) is 4.98 Å². The molecule has 1 heterocycles. The van der Waals surface area contributed by atoms with Gasteiger partial charge in [0.2, 0.25) is 5.91 Å². The van der Waals surface area contributed by atoms with Gasteiger partial charge >= 0.3 is 5.97 Å². The molecule has 0 aliphatic rings. The molecule has 14 heavy (non-hydrogen) atoms. The van der Waals surface area contributed by atoms with Crippen LogP contribution in [-0.4, -0.2) is 27.1 Å². The van der Waals surface area contributed by atoms with Crippen molar-refractivity contribution in [3.8, 4) is 5.75 Å². The second kappa shape index (κ2) is 3.73. The first-order valence-corrected chi connectivity index (χ1v) is 3.70. The molecule has 1 aromatic heterocycles. The monoisotopic (exact) mass is 196 g/mol. The fourth-order valence-electron chi connectivity index (χ4n) is 0.919. The summed E-state index contributed by atoms with van der Waals surface area (Å²) >= 11 is 0. The van der Waals surface area contributed by atoms with Gasteiger partial charge in [0.05, 0.1) is 6.20 Å². The predicted octanol–water partition coefficient (Wildman–Crippen LogP) is 0.444. The van der Waals surface area contributed by atoms with E-state index in [4.69, 9.17) is 5.11 Å². The van der Waals surface area contributed by atoms with Gasteiger partial charge in [-0.25, -0.2) is 4.79 Å². The van der Waals surface area contributed by atoms with Crippen LogP contribution in [0.1, 0.15) is 17.3 Å². The van der Waals surface area contributed by atoms with Crippen molar-refractivity contribution in [3.05, 3.63) is 18.0 Å². The Hall–Kier alpha value is -2.11. The van der Waals surface area contributed by atoms with Crippen molar-refractivity contribution in [2.45, 2.75) is 6.92 Å². The number of nitrogens with zero attached hydrogens (tertiary/aromatic N) is 1. The molecule has 6 nitrogen and oxygen atoms in total. The van der Waals surface area contributed by atoms with E-state index in [2.05, 4.69) is 10.3 Å². The fraction of sp³-hybridized carbons (Fsp3) is 0.125. The number of hydrogen-bond donors (Lipinski definition) is 3. The van der Waals surface area contributed by atoms with Crippen LogP contribution >= 0.6 is 0 Å². The summed E-state index contributed by atoms with van der Waals surface area (Å²) in [6.45, 7) is 1.21. The Morgan fingerprint density at radius 3 is 2.57 bits per heavy atom. The Bertz CT molecular complexity index is 389. The lowest BCUT2D eigenvalue weighted by atomic mass is 10.2. The minimum absolute atomic E-state index is 0.139. The number of carboxylic acid groups (broad SMARTS) is 1. The van der Waals surface area contributed by atoms with Gasteiger partial charge in [-0.3, -0.25) is 9.78 Å². The third-order valence-electron chi connectivity index (χ3n) is 1.46. The zero-order valence-electron chi connectivity index (χ0n) is 7.31. The molecule has 74 valence electrons. The van der Waals surface area contributed by atoms with Gasteiger partial charge in [-0.1, -0.05) is 0 Å². The van der Waals surface area contributed by atoms with Crippen molar-refractivity contribution >= 4 is 17.6 Å². The Morgan fingerprint density at radius 1 is 1.43 bits per heavy atom. The summed E-state index contributed by atoms with van der Waals surface area (Å²) in [5, 5.41) is 20.2. The molecule has 0 saturated heterocycles. The molecular weight excluding hydrogens is 188 g/mol. The summed E-state index contributed by atoms with van der Waals surface area (Å²) in [6.07, 6.45) is 2.10. The highest BCUT2D eigenvalue weighted by Crippen LogP contribution is 2.25. The summed E-state index contributed by atoms with van der Waals surface area (Å²) in [6, 6.07) is 0. The predicted molar refractivity (Wildman–Crippen MR) is 47.2 cm³/mol. The summed E-state index contributed by atoms with van der Waals surface area (Å²) in [7, 11) is 0. The summed E-state index contributed by atoms with van der Waals surface area (Å²) < 4.78 is 0. The molecule has 1 aromatic rings. The maximum Gasteiger partial charge on any atom is 0.339 e. The lowest BCUT2D eigenvalue weighted by molar-refractivity contribution is -0.114. The number of pyridine rings is 1. The molecule has 0 bridgehead atoms. The van der Waals surface area contributed by atoms with Gasteiger partial charge in [-0.05, 0) is 0 Å². The number of hydrogen-bond acceptors (Lipinski definition) is 4. The first kappa shape index (κ1) is 9.97. The highest BCUT2D eigenvalue weighted by atomic mass is 16.4. The maximum absolute atomic E-state index is 10.7. The SMILES string of the molecule is CC(=O)Nc1c(O)cncc1C(=O)O. The van der Waals surface area contributed by atoms with E-state index in [0.29, 0.717) is 0 Å². The van der Waals surface area contributed by atoms with Crippen LogP contribution in [-0.2, 0) is 4.79 Å². The first-order chi connectivity index (χ1) is 6.52. The standard InChI is InChI=1S/C8H8N2O4/c1-4(11)10-7-5(8(13)14)2-9-3-6(7)12/h2-3,12H,1H3,(H,13,14)(H,9,10,11). The summed E-state index contributed by atoms with van der Waals surface area (Å²) in [5.41, 5.74) is -0.389. The van der Waals surface area contributed by atoms with Crippen LogP contribution in [0.15, 0.2) is 12.4 Å². The van der Waals surface area contributed by atoms with Crippen LogP contribution in [0.2, 0.25) is 0 Å². The molecular formula is C8H8N2O4. The minimum atomic E-state index is -1.27. The Labute approximate surface area is 79.2 Å². The second-order valence-electron chi connectivity index (χ2n) is 2.57. The molecule has 0 aromatic carbocycles. The average molecular weight is 196 g/mol. The highest BCUT2D eigenvalue weighted by Gasteiger charge is 2.15. The van der Waals surface area contributed by atoms with Crippen molar-refractivity contribution in [2.75, 3.05) is 5.32 Å². The molecule has 1 rings (SSSR count). The zero-order chi connectivity index (χ0) is 10.7. The van der Waals surface area contributed by atoms with Crippen LogP contribution in [0.3, 0.4) is 0 Å². The molecule has 6 heteroatoms. The number of carbonyl (C=O) groups is 2. The number of carboxylic acids is 1. The minimum Gasteiger partial charge on any atom is -0.504 e. The smallest absolute Gasteiger partial charge is 0.339 e. The Morgan fingerprint density at radius 2 is 2.07 bits per heavy atom. The van der Waals surface area contributed by atoms with Crippen LogP contribution in [0.25, 0.3) is 0 Å². The Balaban J connectivity index is 3.22. The summed E-state index contributed by atoms with van der Waals surface area (Å²) in [4.78, 5) is 24.8. The molecule has 0 atom stereocenters. The number of rotatable bonds is 2. The number of anilines is 1. The number of aromatic nitrogens is 1. The average Bonchev–Trinajstić information content (AvgIpc) is 2.07. The van der Waals surface area contributed by atoms with Gasteiger partial charge in [-0.2, -0.15) is 0 Å². The van der Waals surface area contributed by atoms with Crippen LogP contribution < -0.4 is 5.32 Å². The van der Waals surface area contributed by atoms with Gasteiger partial charge in [0.1, 0.15) is 11.3 Å². The van der Waals surface area contributed by atoms with Crippen molar-refractivity contribution in [3.63, 3.8) is 0 Å². The number of aromatic carboxylic acids is 1. The first-order valence-electron chi connectivity index (χ1n) is 3.70. The van der Waals surface area contributed by atoms with Crippen LogP contribution in [0.5, 0.6) is 5.75 Å². The Kier molecular flexibility index (Phi) is 2.66. The lowest BCUT2D eigenvalue weighted by Gasteiger charge is -2.07. The third-order valence-corrected chi connectivity index (χ3v) is 1.46. The molecule has 0 radical (unpaired) electrons. The van der Waals surface area contributed by atoms with Crippen molar-refractivity contribution in [2.24, 2.45) is 0 Å². The maximum atomic E-state index is 10.7. The van der Waals surface area contributed by atoms with Gasteiger partial charge in [-0.15, -0.1) is 0 Å². The summed E-state index contributed by atoms with van der Waals surface area (Å²) in [5.74, 6) is -2.11. The van der Waals surface area contributed by atoms with E-state index in [-0.39, 0.29) is 17.0 Å². The highest BCUT2D eigenvalue weighted by molar-refractivity contribution is 6.01. The molecule has 3 N–H and O–H groups in total. The normalized spacial score (nSPS) is 9.50. The molecule has 0 aliphatic carbocycles. The largest absolute Gasteiger partial charge is 0.504 e. The number of nitrogens with one attached hydrogen (secondary N) is 1. The van der Waals surface area contributed by atoms with E-state index in [0.717, 1.165) is 12.4 Å². The number of amides is 1. The second-order valence-corrected chi connectivity index (χ2v) is 2.57. The van der Waals surface area contributed by atoms with E-state index in [1.54, 1.807) is 0 Å².